The zero-order chi connectivity index (χ0) is 14.5. The number of nitrogens with two attached hydrogens (primary N) is 1. The number of piperidine rings is 1. The summed E-state index contributed by atoms with van der Waals surface area (Å²) in [5, 5.41) is 0. The summed E-state index contributed by atoms with van der Waals surface area (Å²) in [6.07, 6.45) is 4.98. The molecule has 1 aliphatic rings. The van der Waals surface area contributed by atoms with Gasteiger partial charge in [0.1, 0.15) is 5.82 Å². The highest BCUT2D eigenvalue weighted by atomic mass is 79.9. The van der Waals surface area contributed by atoms with Crippen molar-refractivity contribution >= 4 is 15.9 Å². The molecule has 0 saturated carbocycles. The number of benzene rings is 1. The lowest BCUT2D eigenvalue weighted by atomic mass is 9.91. The second kappa shape index (κ2) is 7.53. The second-order valence-electron chi connectivity index (χ2n) is 5.69. The van der Waals surface area contributed by atoms with Gasteiger partial charge in [-0.1, -0.05) is 35.7 Å². The van der Waals surface area contributed by atoms with E-state index >= 15 is 0 Å². The average molecular weight is 343 g/mol. The van der Waals surface area contributed by atoms with E-state index in [1.54, 1.807) is 6.07 Å². The normalized spacial score (nSPS) is 19.2. The van der Waals surface area contributed by atoms with Gasteiger partial charge in [-0.15, -0.1) is 0 Å². The molecular weight excluding hydrogens is 319 g/mol. The van der Waals surface area contributed by atoms with E-state index in [-0.39, 0.29) is 11.9 Å². The molecule has 0 radical (unpaired) electrons. The van der Waals surface area contributed by atoms with E-state index in [1.807, 2.05) is 6.07 Å². The van der Waals surface area contributed by atoms with E-state index < -0.39 is 0 Å². The molecule has 112 valence electrons. The Morgan fingerprint density at radius 2 is 2.10 bits per heavy atom. The summed E-state index contributed by atoms with van der Waals surface area (Å²) in [6.45, 7) is 4.76. The van der Waals surface area contributed by atoms with Crippen molar-refractivity contribution in [1.82, 2.24) is 4.90 Å². The maximum absolute atomic E-state index is 14.1. The highest BCUT2D eigenvalue weighted by Gasteiger charge is 2.26. The smallest absolute Gasteiger partial charge is 0.128 e. The van der Waals surface area contributed by atoms with Crippen molar-refractivity contribution in [2.75, 3.05) is 19.6 Å². The van der Waals surface area contributed by atoms with Crippen LogP contribution in [-0.4, -0.2) is 24.5 Å². The molecule has 0 bridgehead atoms. The van der Waals surface area contributed by atoms with Gasteiger partial charge in [-0.2, -0.15) is 0 Å². The maximum atomic E-state index is 14.1. The second-order valence-corrected chi connectivity index (χ2v) is 6.60. The molecule has 20 heavy (non-hydrogen) atoms. The molecule has 1 unspecified atom stereocenters. The fourth-order valence-electron chi connectivity index (χ4n) is 3.20. The first-order valence-corrected chi connectivity index (χ1v) is 8.34. The van der Waals surface area contributed by atoms with Gasteiger partial charge in [-0.3, -0.25) is 4.90 Å². The summed E-state index contributed by atoms with van der Waals surface area (Å²) in [5.74, 6) is 0.682. The van der Waals surface area contributed by atoms with Crippen molar-refractivity contribution in [3.05, 3.63) is 34.1 Å². The third kappa shape index (κ3) is 3.80. The first-order chi connectivity index (χ1) is 9.65. The van der Waals surface area contributed by atoms with Crippen LogP contribution in [0.2, 0.25) is 0 Å². The van der Waals surface area contributed by atoms with Gasteiger partial charge in [-0.25, -0.2) is 4.39 Å². The summed E-state index contributed by atoms with van der Waals surface area (Å²) in [4.78, 5) is 2.34. The third-order valence-corrected chi connectivity index (χ3v) is 4.82. The monoisotopic (exact) mass is 342 g/mol. The minimum Gasteiger partial charge on any atom is -0.329 e. The van der Waals surface area contributed by atoms with Crippen LogP contribution in [0.25, 0.3) is 0 Å². The molecule has 0 spiro atoms. The molecule has 4 heteroatoms. The van der Waals surface area contributed by atoms with Crippen LogP contribution >= 0.6 is 15.9 Å². The summed E-state index contributed by atoms with van der Waals surface area (Å²) >= 11 is 3.42. The Morgan fingerprint density at radius 3 is 2.70 bits per heavy atom. The topological polar surface area (TPSA) is 29.3 Å². The Balaban J connectivity index is 2.07. The van der Waals surface area contributed by atoms with Gasteiger partial charge in [0.15, 0.2) is 0 Å². The lowest BCUT2D eigenvalue weighted by Gasteiger charge is -2.37. The largest absolute Gasteiger partial charge is 0.329 e. The molecule has 1 aliphatic heterocycles. The quantitative estimate of drug-likeness (QED) is 0.872. The number of hydrogen-bond donors (Lipinski definition) is 1. The van der Waals surface area contributed by atoms with Crippen molar-refractivity contribution < 1.29 is 4.39 Å². The number of likely N-dealkylation sites (tertiary alicyclic amines) is 1. The molecule has 1 heterocycles. The van der Waals surface area contributed by atoms with Gasteiger partial charge in [0.25, 0.3) is 0 Å². The van der Waals surface area contributed by atoms with Gasteiger partial charge >= 0.3 is 0 Å². The van der Waals surface area contributed by atoms with Crippen LogP contribution in [0.15, 0.2) is 22.7 Å². The van der Waals surface area contributed by atoms with Gasteiger partial charge in [0, 0.05) is 22.6 Å². The molecule has 0 amide bonds. The van der Waals surface area contributed by atoms with Gasteiger partial charge in [-0.05, 0) is 50.0 Å². The Kier molecular flexibility index (Phi) is 6.00. The third-order valence-electron chi connectivity index (χ3n) is 4.33. The summed E-state index contributed by atoms with van der Waals surface area (Å²) in [6, 6.07) is 5.12. The molecule has 1 saturated heterocycles. The highest BCUT2D eigenvalue weighted by Crippen LogP contribution is 2.30. The van der Waals surface area contributed by atoms with Gasteiger partial charge in [0.05, 0.1) is 0 Å². The van der Waals surface area contributed by atoms with E-state index in [1.165, 1.54) is 31.7 Å². The molecule has 2 nitrogen and oxygen atoms in total. The van der Waals surface area contributed by atoms with E-state index in [0.717, 1.165) is 29.0 Å². The molecule has 1 aromatic rings. The molecule has 0 aliphatic carbocycles. The van der Waals surface area contributed by atoms with Crippen molar-refractivity contribution in [2.24, 2.45) is 11.7 Å². The van der Waals surface area contributed by atoms with Crippen LogP contribution in [0.1, 0.15) is 44.2 Å². The van der Waals surface area contributed by atoms with Crippen LogP contribution in [0.5, 0.6) is 0 Å². The highest BCUT2D eigenvalue weighted by molar-refractivity contribution is 9.10. The van der Waals surface area contributed by atoms with Gasteiger partial charge in [0.2, 0.25) is 0 Å². The predicted octanol–water partition coefficient (Wildman–Crippen LogP) is 4.10. The molecule has 1 fully saturated rings. The fourth-order valence-corrected chi connectivity index (χ4v) is 3.58. The minimum absolute atomic E-state index is 0.00456. The van der Waals surface area contributed by atoms with Crippen molar-refractivity contribution in [1.29, 1.82) is 0 Å². The fraction of sp³-hybridized carbons (Fsp3) is 0.625. The van der Waals surface area contributed by atoms with E-state index in [0.29, 0.717) is 6.54 Å². The van der Waals surface area contributed by atoms with Crippen molar-refractivity contribution in [3.63, 3.8) is 0 Å². The first-order valence-electron chi connectivity index (χ1n) is 7.54. The summed E-state index contributed by atoms with van der Waals surface area (Å²) < 4.78 is 15.0. The molecule has 0 aromatic heterocycles. The number of halogens is 2. The van der Waals surface area contributed by atoms with Crippen molar-refractivity contribution in [3.8, 4) is 0 Å². The number of hydrogen-bond acceptors (Lipinski definition) is 2. The Bertz CT molecular complexity index is 430. The molecule has 1 aromatic carbocycles. The molecular formula is C16H24BrFN2. The van der Waals surface area contributed by atoms with Crippen LogP contribution in [0.3, 0.4) is 0 Å². The zero-order valence-corrected chi connectivity index (χ0v) is 13.7. The van der Waals surface area contributed by atoms with Gasteiger partial charge < -0.3 is 5.73 Å². The minimum atomic E-state index is -0.153. The van der Waals surface area contributed by atoms with E-state index in [4.69, 9.17) is 5.73 Å². The summed E-state index contributed by atoms with van der Waals surface area (Å²) in [7, 11) is 0. The average Bonchev–Trinajstić information content (AvgIpc) is 2.45. The van der Waals surface area contributed by atoms with Crippen LogP contribution in [-0.2, 0) is 0 Å². The Labute approximate surface area is 129 Å². The lowest BCUT2D eigenvalue weighted by molar-refractivity contribution is 0.129. The predicted molar refractivity (Wildman–Crippen MR) is 85.1 cm³/mol. The first kappa shape index (κ1) is 15.9. The number of rotatable bonds is 5. The van der Waals surface area contributed by atoms with Crippen LogP contribution < -0.4 is 5.73 Å². The zero-order valence-electron chi connectivity index (χ0n) is 12.1. The number of nitrogens with zero attached hydrogens (tertiary/aromatic N) is 1. The SMILES string of the molecule is CCCC1CCN(C(CN)c2cc(Br)ccc2F)CC1. The molecule has 2 rings (SSSR count). The standard InChI is InChI=1S/C16H24BrFN2/c1-2-3-12-6-8-20(9-7-12)16(11-19)14-10-13(17)4-5-15(14)18/h4-5,10,12,16H,2-3,6-9,11,19H2,1H3. The van der Waals surface area contributed by atoms with Crippen LogP contribution in [0.4, 0.5) is 4.39 Å². The lowest BCUT2D eigenvalue weighted by Crippen LogP contribution is -2.40. The van der Waals surface area contributed by atoms with E-state index in [2.05, 4.69) is 27.8 Å². The Hall–Kier alpha value is -0.450. The van der Waals surface area contributed by atoms with E-state index in [9.17, 15) is 4.39 Å². The Morgan fingerprint density at radius 1 is 1.40 bits per heavy atom. The van der Waals surface area contributed by atoms with Crippen molar-refractivity contribution in [2.45, 2.75) is 38.6 Å². The summed E-state index contributed by atoms with van der Waals surface area (Å²) in [5.41, 5.74) is 6.64. The van der Waals surface area contributed by atoms with Crippen LogP contribution in [0, 0.1) is 11.7 Å². The maximum Gasteiger partial charge on any atom is 0.128 e. The molecule has 1 atom stereocenters. The molecule has 2 N–H and O–H groups in total.